The highest BCUT2D eigenvalue weighted by atomic mass is 32.2. The fourth-order valence-corrected chi connectivity index (χ4v) is 3.91. The number of hydrogen-bond donors (Lipinski definition) is 1. The number of para-hydroxylation sites is 2. The van der Waals surface area contributed by atoms with E-state index < -0.39 is 16.1 Å². The zero-order valence-electron chi connectivity index (χ0n) is 14.9. The molecule has 1 amide bonds. The van der Waals surface area contributed by atoms with E-state index in [0.717, 1.165) is 16.1 Å². The molecule has 0 saturated heterocycles. The summed E-state index contributed by atoms with van der Waals surface area (Å²) in [5.41, 5.74) is 2.18. The minimum Gasteiger partial charge on any atom is -0.324 e. The van der Waals surface area contributed by atoms with Gasteiger partial charge in [-0.05, 0) is 36.6 Å². The summed E-state index contributed by atoms with van der Waals surface area (Å²) in [6, 6.07) is 15.3. The molecule has 6 heteroatoms. The maximum Gasteiger partial charge on any atom is 0.248 e. The molecule has 1 atom stereocenters. The Bertz CT molecular complexity index is 833. The van der Waals surface area contributed by atoms with E-state index in [-0.39, 0.29) is 11.8 Å². The van der Waals surface area contributed by atoms with Crippen LogP contribution in [-0.4, -0.2) is 26.6 Å². The van der Waals surface area contributed by atoms with E-state index in [2.05, 4.69) is 5.32 Å². The van der Waals surface area contributed by atoms with E-state index in [1.165, 1.54) is 0 Å². The SMILES string of the molecule is CC(C)c1ccccc1NC(=O)[C@@H](C)N(c1ccccc1)S(C)(=O)=O. The van der Waals surface area contributed by atoms with Gasteiger partial charge in [0.05, 0.1) is 11.9 Å². The van der Waals surface area contributed by atoms with E-state index >= 15 is 0 Å². The molecule has 0 spiro atoms. The predicted octanol–water partition coefficient (Wildman–Crippen LogP) is 3.60. The third-order valence-electron chi connectivity index (χ3n) is 3.94. The average molecular weight is 360 g/mol. The number of anilines is 2. The Kier molecular flexibility index (Phi) is 5.85. The first-order valence-corrected chi connectivity index (χ1v) is 10.0. The summed E-state index contributed by atoms with van der Waals surface area (Å²) in [5.74, 6) is -0.130. The van der Waals surface area contributed by atoms with E-state index in [1.54, 1.807) is 37.3 Å². The third kappa shape index (κ3) is 4.60. The molecule has 0 unspecified atom stereocenters. The monoisotopic (exact) mass is 360 g/mol. The number of nitrogens with one attached hydrogen (secondary N) is 1. The van der Waals surface area contributed by atoms with Crippen molar-refractivity contribution in [3.63, 3.8) is 0 Å². The highest BCUT2D eigenvalue weighted by Crippen LogP contribution is 2.25. The molecule has 0 heterocycles. The standard InChI is InChI=1S/C19H24N2O3S/c1-14(2)17-12-8-9-13-18(17)20-19(22)15(3)21(25(4,23)24)16-10-6-5-7-11-16/h5-15H,1-4H3,(H,20,22)/t15-/m1/s1. The van der Waals surface area contributed by atoms with Gasteiger partial charge in [-0.3, -0.25) is 9.10 Å². The molecule has 2 aromatic carbocycles. The lowest BCUT2D eigenvalue weighted by molar-refractivity contribution is -0.116. The second-order valence-electron chi connectivity index (χ2n) is 6.30. The normalized spacial score (nSPS) is 12.7. The van der Waals surface area contributed by atoms with Crippen LogP contribution in [0.2, 0.25) is 0 Å². The molecule has 0 aromatic heterocycles. The second-order valence-corrected chi connectivity index (χ2v) is 8.16. The fraction of sp³-hybridized carbons (Fsp3) is 0.316. The number of carbonyl (C=O) groups excluding carboxylic acids is 1. The topological polar surface area (TPSA) is 66.5 Å². The van der Waals surface area contributed by atoms with Gasteiger partial charge in [-0.25, -0.2) is 8.42 Å². The number of amides is 1. The lowest BCUT2D eigenvalue weighted by Gasteiger charge is -2.28. The van der Waals surface area contributed by atoms with Gasteiger partial charge in [-0.2, -0.15) is 0 Å². The van der Waals surface area contributed by atoms with Gasteiger partial charge in [0, 0.05) is 5.69 Å². The second kappa shape index (κ2) is 7.70. The minimum atomic E-state index is -3.61. The lowest BCUT2D eigenvalue weighted by atomic mass is 10.0. The van der Waals surface area contributed by atoms with Gasteiger partial charge < -0.3 is 5.32 Å². The number of rotatable bonds is 6. The van der Waals surface area contributed by atoms with Crippen LogP contribution in [0.15, 0.2) is 54.6 Å². The number of hydrogen-bond acceptors (Lipinski definition) is 3. The van der Waals surface area contributed by atoms with Crippen LogP contribution in [0.4, 0.5) is 11.4 Å². The van der Waals surface area contributed by atoms with Crippen LogP contribution >= 0.6 is 0 Å². The molecule has 2 aromatic rings. The summed E-state index contributed by atoms with van der Waals surface area (Å²) in [6.45, 7) is 5.67. The first-order valence-electron chi connectivity index (χ1n) is 8.16. The van der Waals surface area contributed by atoms with Crippen molar-refractivity contribution in [3.8, 4) is 0 Å². The Morgan fingerprint density at radius 1 is 0.960 bits per heavy atom. The Balaban J connectivity index is 2.32. The molecular weight excluding hydrogens is 336 g/mol. The van der Waals surface area contributed by atoms with E-state index in [9.17, 15) is 13.2 Å². The lowest BCUT2D eigenvalue weighted by Crippen LogP contribution is -2.45. The van der Waals surface area contributed by atoms with Crippen LogP contribution in [0, 0.1) is 0 Å². The van der Waals surface area contributed by atoms with Crippen LogP contribution in [0.25, 0.3) is 0 Å². The van der Waals surface area contributed by atoms with Crippen molar-refractivity contribution in [2.24, 2.45) is 0 Å². The quantitative estimate of drug-likeness (QED) is 0.856. The van der Waals surface area contributed by atoms with Gasteiger partial charge in [-0.15, -0.1) is 0 Å². The zero-order valence-corrected chi connectivity index (χ0v) is 15.7. The predicted molar refractivity (Wildman–Crippen MR) is 102 cm³/mol. The van der Waals surface area contributed by atoms with Gasteiger partial charge in [0.25, 0.3) is 0 Å². The van der Waals surface area contributed by atoms with Crippen molar-refractivity contribution >= 4 is 27.3 Å². The molecule has 0 aliphatic carbocycles. The zero-order chi connectivity index (χ0) is 18.6. The van der Waals surface area contributed by atoms with Crippen LogP contribution in [0.3, 0.4) is 0 Å². The molecule has 0 fully saturated rings. The molecule has 1 N–H and O–H groups in total. The van der Waals surface area contributed by atoms with Gasteiger partial charge in [0.2, 0.25) is 15.9 Å². The smallest absolute Gasteiger partial charge is 0.248 e. The van der Waals surface area contributed by atoms with Crippen molar-refractivity contribution in [2.75, 3.05) is 15.9 Å². The van der Waals surface area contributed by atoms with Crippen LogP contribution in [-0.2, 0) is 14.8 Å². The van der Waals surface area contributed by atoms with Crippen molar-refractivity contribution in [1.82, 2.24) is 0 Å². The number of nitrogens with zero attached hydrogens (tertiary/aromatic N) is 1. The average Bonchev–Trinajstić information content (AvgIpc) is 2.55. The molecule has 5 nitrogen and oxygen atoms in total. The highest BCUT2D eigenvalue weighted by molar-refractivity contribution is 7.92. The summed E-state index contributed by atoms with van der Waals surface area (Å²) in [5, 5.41) is 2.87. The first-order chi connectivity index (χ1) is 11.7. The van der Waals surface area contributed by atoms with E-state index in [0.29, 0.717) is 11.4 Å². The summed E-state index contributed by atoms with van der Waals surface area (Å²) in [6.07, 6.45) is 1.10. The van der Waals surface area contributed by atoms with Crippen LogP contribution in [0.5, 0.6) is 0 Å². The summed E-state index contributed by atoms with van der Waals surface area (Å²) >= 11 is 0. The first kappa shape index (κ1) is 19.0. The molecule has 0 aliphatic heterocycles. The maximum absolute atomic E-state index is 12.7. The van der Waals surface area contributed by atoms with Crippen LogP contribution in [0.1, 0.15) is 32.3 Å². The third-order valence-corrected chi connectivity index (χ3v) is 5.18. The van der Waals surface area contributed by atoms with Gasteiger partial charge in [0.1, 0.15) is 6.04 Å². The molecule has 0 aliphatic rings. The Labute approximate surface area is 149 Å². The Hall–Kier alpha value is -2.34. The van der Waals surface area contributed by atoms with E-state index in [4.69, 9.17) is 0 Å². The minimum absolute atomic E-state index is 0.243. The van der Waals surface area contributed by atoms with Crippen molar-refractivity contribution in [1.29, 1.82) is 0 Å². The van der Waals surface area contributed by atoms with Crippen LogP contribution < -0.4 is 9.62 Å². The largest absolute Gasteiger partial charge is 0.324 e. The maximum atomic E-state index is 12.7. The van der Waals surface area contributed by atoms with Gasteiger partial charge in [-0.1, -0.05) is 50.2 Å². The van der Waals surface area contributed by atoms with Crippen molar-refractivity contribution in [2.45, 2.75) is 32.7 Å². The fourth-order valence-electron chi connectivity index (χ4n) is 2.74. The summed E-state index contributed by atoms with van der Waals surface area (Å²) in [4.78, 5) is 12.7. The van der Waals surface area contributed by atoms with Gasteiger partial charge >= 0.3 is 0 Å². The van der Waals surface area contributed by atoms with Crippen molar-refractivity contribution in [3.05, 3.63) is 60.2 Å². The summed E-state index contributed by atoms with van der Waals surface area (Å²) < 4.78 is 25.6. The number of benzene rings is 2. The molecule has 0 saturated carbocycles. The molecule has 134 valence electrons. The van der Waals surface area contributed by atoms with E-state index in [1.807, 2.05) is 38.1 Å². The Morgan fingerprint density at radius 3 is 2.08 bits per heavy atom. The number of carbonyl (C=O) groups is 1. The summed E-state index contributed by atoms with van der Waals surface area (Å²) in [7, 11) is -3.61. The molecule has 0 radical (unpaired) electrons. The molecule has 0 bridgehead atoms. The number of sulfonamides is 1. The molecule has 2 rings (SSSR count). The highest BCUT2D eigenvalue weighted by Gasteiger charge is 2.29. The molecular formula is C19H24N2O3S. The van der Waals surface area contributed by atoms with Gasteiger partial charge in [0.15, 0.2) is 0 Å². The Morgan fingerprint density at radius 2 is 1.52 bits per heavy atom. The van der Waals surface area contributed by atoms with Crippen molar-refractivity contribution < 1.29 is 13.2 Å². The molecule has 25 heavy (non-hydrogen) atoms.